The smallest absolute Gasteiger partial charge is 0.410 e. The molecule has 1 amide bonds. The molecule has 100 valence electrons. The Kier molecular flexibility index (Phi) is 5.16. The molecule has 0 aliphatic heterocycles. The summed E-state index contributed by atoms with van der Waals surface area (Å²) >= 11 is 0. The predicted octanol–water partition coefficient (Wildman–Crippen LogP) is 2.57. The summed E-state index contributed by atoms with van der Waals surface area (Å²) in [4.78, 5) is 11.7. The van der Waals surface area contributed by atoms with E-state index < -0.39 is 6.09 Å². The molecule has 4 nitrogen and oxygen atoms in total. The van der Waals surface area contributed by atoms with Crippen molar-refractivity contribution >= 4 is 6.09 Å². The second-order valence-corrected chi connectivity index (χ2v) is 5.28. The molecule has 1 aromatic rings. The van der Waals surface area contributed by atoms with E-state index in [9.17, 15) is 4.79 Å². The van der Waals surface area contributed by atoms with Gasteiger partial charge in [-0.25, -0.2) is 4.79 Å². The van der Waals surface area contributed by atoms with E-state index in [-0.39, 0.29) is 18.1 Å². The largest absolute Gasteiger partial charge is 0.412 e. The lowest BCUT2D eigenvalue weighted by Crippen LogP contribution is -2.45. The second-order valence-electron chi connectivity index (χ2n) is 5.28. The molecule has 4 heteroatoms. The minimum atomic E-state index is -0.491. The number of aliphatic hydroxyl groups excluding tert-OH is 1. The molecule has 0 heterocycles. The Balaban J connectivity index is 2.57. The van der Waals surface area contributed by atoms with Crippen LogP contribution in [-0.4, -0.2) is 23.8 Å². The lowest BCUT2D eigenvalue weighted by atomic mass is 9.85. The van der Waals surface area contributed by atoms with Gasteiger partial charge in [-0.1, -0.05) is 39.0 Å². The number of carbonyl (C=O) groups is 1. The number of hydrogen-bond acceptors (Lipinski definition) is 3. The van der Waals surface area contributed by atoms with Gasteiger partial charge in [0, 0.05) is 12.6 Å². The first-order valence-corrected chi connectivity index (χ1v) is 6.07. The summed E-state index contributed by atoms with van der Waals surface area (Å²) in [5.74, 6) is 0.506. The van der Waals surface area contributed by atoms with Crippen molar-refractivity contribution in [3.63, 3.8) is 0 Å². The van der Waals surface area contributed by atoms with Crippen LogP contribution < -0.4 is 10.1 Å². The van der Waals surface area contributed by atoms with Gasteiger partial charge in [-0.05, 0) is 24.0 Å². The molecule has 0 radical (unpaired) electrons. The summed E-state index contributed by atoms with van der Waals surface area (Å²) in [6.07, 6.45) is 0.0162. The standard InChI is InChI=1S/C14H21NO3/c1-14(2,3)12(9-10-16)15-13(17)18-11-7-5-4-6-8-11/h4-8,12,16H,9-10H2,1-3H3,(H,15,17). The molecule has 0 aliphatic rings. The van der Waals surface area contributed by atoms with Gasteiger partial charge in [-0.15, -0.1) is 0 Å². The van der Waals surface area contributed by atoms with Crippen LogP contribution in [0.1, 0.15) is 27.2 Å². The van der Waals surface area contributed by atoms with Crippen molar-refractivity contribution in [3.8, 4) is 5.75 Å². The van der Waals surface area contributed by atoms with Crippen LogP contribution in [0.4, 0.5) is 4.79 Å². The summed E-state index contributed by atoms with van der Waals surface area (Å²) in [6.45, 7) is 6.07. The number of amides is 1. The first-order valence-electron chi connectivity index (χ1n) is 6.07. The van der Waals surface area contributed by atoms with E-state index in [4.69, 9.17) is 9.84 Å². The van der Waals surface area contributed by atoms with Crippen LogP contribution in [0, 0.1) is 5.41 Å². The van der Waals surface area contributed by atoms with Crippen LogP contribution in [0.15, 0.2) is 30.3 Å². The third kappa shape index (κ3) is 4.75. The number of benzene rings is 1. The van der Waals surface area contributed by atoms with Crippen LogP contribution >= 0.6 is 0 Å². The Bertz CT molecular complexity index is 370. The number of carbonyl (C=O) groups excluding carboxylic acids is 1. The number of rotatable bonds is 4. The Morgan fingerprint density at radius 1 is 1.33 bits per heavy atom. The van der Waals surface area contributed by atoms with Gasteiger partial charge >= 0.3 is 6.09 Å². The molecule has 0 saturated heterocycles. The number of nitrogens with one attached hydrogen (secondary N) is 1. The van der Waals surface area contributed by atoms with Crippen LogP contribution in [-0.2, 0) is 0 Å². The Morgan fingerprint density at radius 3 is 2.44 bits per heavy atom. The van der Waals surface area contributed by atoms with E-state index in [1.54, 1.807) is 24.3 Å². The van der Waals surface area contributed by atoms with Gasteiger partial charge in [-0.2, -0.15) is 0 Å². The van der Waals surface area contributed by atoms with E-state index in [0.717, 1.165) is 0 Å². The number of ether oxygens (including phenoxy) is 1. The Hall–Kier alpha value is -1.55. The highest BCUT2D eigenvalue weighted by Gasteiger charge is 2.26. The van der Waals surface area contributed by atoms with Crippen molar-refractivity contribution in [2.75, 3.05) is 6.61 Å². The summed E-state index contributed by atoms with van der Waals surface area (Å²) in [7, 11) is 0. The molecule has 0 aromatic heterocycles. The van der Waals surface area contributed by atoms with Gasteiger partial charge in [0.2, 0.25) is 0 Å². The molecule has 0 aliphatic carbocycles. The fourth-order valence-electron chi connectivity index (χ4n) is 1.62. The molecule has 1 rings (SSSR count). The minimum Gasteiger partial charge on any atom is -0.410 e. The second kappa shape index (κ2) is 6.40. The van der Waals surface area contributed by atoms with Gasteiger partial charge in [-0.3, -0.25) is 0 Å². The Morgan fingerprint density at radius 2 is 1.94 bits per heavy atom. The van der Waals surface area contributed by atoms with Gasteiger partial charge in [0.05, 0.1) is 0 Å². The predicted molar refractivity (Wildman–Crippen MR) is 70.5 cm³/mol. The number of hydrogen-bond donors (Lipinski definition) is 2. The zero-order valence-corrected chi connectivity index (χ0v) is 11.1. The number of para-hydroxylation sites is 1. The van der Waals surface area contributed by atoms with Gasteiger partial charge in [0.15, 0.2) is 0 Å². The van der Waals surface area contributed by atoms with Crippen molar-refractivity contribution in [2.45, 2.75) is 33.2 Å². The van der Waals surface area contributed by atoms with Crippen molar-refractivity contribution in [1.82, 2.24) is 5.32 Å². The highest BCUT2D eigenvalue weighted by atomic mass is 16.6. The molecular formula is C14H21NO3. The maximum atomic E-state index is 11.7. The average molecular weight is 251 g/mol. The Labute approximate surface area is 108 Å². The lowest BCUT2D eigenvalue weighted by molar-refractivity contribution is 0.165. The van der Waals surface area contributed by atoms with E-state index >= 15 is 0 Å². The highest BCUT2D eigenvalue weighted by Crippen LogP contribution is 2.21. The van der Waals surface area contributed by atoms with E-state index in [1.807, 2.05) is 26.8 Å². The van der Waals surface area contributed by atoms with Crippen molar-refractivity contribution < 1.29 is 14.6 Å². The maximum absolute atomic E-state index is 11.7. The van der Waals surface area contributed by atoms with E-state index in [2.05, 4.69) is 5.32 Å². The zero-order chi connectivity index (χ0) is 13.6. The van der Waals surface area contributed by atoms with Crippen molar-refractivity contribution in [1.29, 1.82) is 0 Å². The van der Waals surface area contributed by atoms with Crippen LogP contribution in [0.5, 0.6) is 5.75 Å². The molecular weight excluding hydrogens is 230 g/mol. The van der Waals surface area contributed by atoms with E-state index in [1.165, 1.54) is 0 Å². The van der Waals surface area contributed by atoms with Gasteiger partial charge in [0.1, 0.15) is 5.75 Å². The fraction of sp³-hybridized carbons (Fsp3) is 0.500. The molecule has 0 fully saturated rings. The first-order chi connectivity index (χ1) is 8.43. The van der Waals surface area contributed by atoms with Crippen LogP contribution in [0.25, 0.3) is 0 Å². The first kappa shape index (κ1) is 14.5. The summed E-state index contributed by atoms with van der Waals surface area (Å²) in [6, 6.07) is 8.78. The molecule has 2 N–H and O–H groups in total. The van der Waals surface area contributed by atoms with Crippen molar-refractivity contribution in [2.24, 2.45) is 5.41 Å². The monoisotopic (exact) mass is 251 g/mol. The third-order valence-electron chi connectivity index (χ3n) is 2.71. The van der Waals surface area contributed by atoms with E-state index in [0.29, 0.717) is 12.2 Å². The molecule has 1 aromatic carbocycles. The SMILES string of the molecule is CC(C)(C)C(CCO)NC(=O)Oc1ccccc1. The van der Waals surface area contributed by atoms with Crippen molar-refractivity contribution in [3.05, 3.63) is 30.3 Å². The summed E-state index contributed by atoms with van der Waals surface area (Å²) in [5, 5.41) is 11.8. The normalized spacial score (nSPS) is 12.9. The van der Waals surface area contributed by atoms with Gasteiger partial charge in [0.25, 0.3) is 0 Å². The molecule has 0 bridgehead atoms. The fourth-order valence-corrected chi connectivity index (χ4v) is 1.62. The quantitative estimate of drug-likeness (QED) is 0.864. The molecule has 1 unspecified atom stereocenters. The van der Waals surface area contributed by atoms with Crippen LogP contribution in [0.3, 0.4) is 0 Å². The molecule has 18 heavy (non-hydrogen) atoms. The number of aliphatic hydroxyl groups is 1. The maximum Gasteiger partial charge on any atom is 0.412 e. The topological polar surface area (TPSA) is 58.6 Å². The summed E-state index contributed by atoms with van der Waals surface area (Å²) < 4.78 is 5.15. The van der Waals surface area contributed by atoms with Gasteiger partial charge < -0.3 is 15.2 Å². The zero-order valence-electron chi connectivity index (χ0n) is 11.1. The molecule has 0 spiro atoms. The third-order valence-corrected chi connectivity index (χ3v) is 2.71. The molecule has 0 saturated carbocycles. The summed E-state index contributed by atoms with van der Waals surface area (Å²) in [5.41, 5.74) is -0.127. The van der Waals surface area contributed by atoms with Crippen LogP contribution in [0.2, 0.25) is 0 Å². The highest BCUT2D eigenvalue weighted by molar-refractivity contribution is 5.70. The lowest BCUT2D eigenvalue weighted by Gasteiger charge is -2.30. The minimum absolute atomic E-state index is 0.0353. The molecule has 1 atom stereocenters. The average Bonchev–Trinajstić information content (AvgIpc) is 2.28.